The highest BCUT2D eigenvalue weighted by Crippen LogP contribution is 2.27. The van der Waals surface area contributed by atoms with E-state index in [4.69, 9.17) is 10.7 Å². The van der Waals surface area contributed by atoms with Gasteiger partial charge in [-0.05, 0) is 31.9 Å². The summed E-state index contributed by atoms with van der Waals surface area (Å²) in [6, 6.07) is 10.2. The Morgan fingerprint density at radius 2 is 1.88 bits per heavy atom. The second kappa shape index (κ2) is 7.47. The normalized spacial score (nSPS) is 11.0. The van der Waals surface area contributed by atoms with Gasteiger partial charge in [0.1, 0.15) is 5.82 Å². The molecule has 25 heavy (non-hydrogen) atoms. The SMILES string of the molecule is CCCc1nc(N(CC)c2cnc3ccccc3c2)nc(N)c1CC. The van der Waals surface area contributed by atoms with Crippen LogP contribution in [0.3, 0.4) is 0 Å². The van der Waals surface area contributed by atoms with Crippen LogP contribution in [0.5, 0.6) is 0 Å². The van der Waals surface area contributed by atoms with Crippen molar-refractivity contribution in [3.8, 4) is 0 Å². The van der Waals surface area contributed by atoms with Gasteiger partial charge in [0, 0.05) is 17.5 Å². The van der Waals surface area contributed by atoms with Crippen molar-refractivity contribution in [3.63, 3.8) is 0 Å². The molecule has 2 heterocycles. The van der Waals surface area contributed by atoms with Crippen LogP contribution in [0.2, 0.25) is 0 Å². The fourth-order valence-corrected chi connectivity index (χ4v) is 3.13. The third-order valence-electron chi connectivity index (χ3n) is 4.40. The molecule has 5 nitrogen and oxygen atoms in total. The molecular weight excluding hydrogens is 310 g/mol. The largest absolute Gasteiger partial charge is 0.383 e. The minimum Gasteiger partial charge on any atom is -0.383 e. The number of nitrogens with two attached hydrogens (primary N) is 1. The third kappa shape index (κ3) is 3.40. The lowest BCUT2D eigenvalue weighted by atomic mass is 10.1. The van der Waals surface area contributed by atoms with Crippen LogP contribution in [0.1, 0.15) is 38.4 Å². The van der Waals surface area contributed by atoms with E-state index in [-0.39, 0.29) is 0 Å². The highest BCUT2D eigenvalue weighted by Gasteiger charge is 2.16. The van der Waals surface area contributed by atoms with Gasteiger partial charge in [-0.1, -0.05) is 38.5 Å². The number of hydrogen-bond donors (Lipinski definition) is 1. The van der Waals surface area contributed by atoms with Crippen LogP contribution in [0.25, 0.3) is 10.9 Å². The van der Waals surface area contributed by atoms with Crippen LogP contribution in [0.4, 0.5) is 17.5 Å². The number of aromatic nitrogens is 3. The summed E-state index contributed by atoms with van der Waals surface area (Å²) in [5.74, 6) is 1.24. The Kier molecular flexibility index (Phi) is 5.12. The number of nitrogen functional groups attached to an aromatic ring is 1. The molecule has 0 aliphatic heterocycles. The zero-order chi connectivity index (χ0) is 17.8. The van der Waals surface area contributed by atoms with E-state index in [1.165, 1.54) is 0 Å². The smallest absolute Gasteiger partial charge is 0.232 e. The minimum atomic E-state index is 0.586. The van der Waals surface area contributed by atoms with E-state index >= 15 is 0 Å². The fourth-order valence-electron chi connectivity index (χ4n) is 3.13. The fraction of sp³-hybridized carbons (Fsp3) is 0.350. The molecule has 0 atom stereocenters. The molecule has 2 aromatic heterocycles. The Hall–Kier alpha value is -2.69. The van der Waals surface area contributed by atoms with Crippen molar-refractivity contribution in [3.05, 3.63) is 47.8 Å². The van der Waals surface area contributed by atoms with Crippen molar-refractivity contribution >= 4 is 28.4 Å². The Balaban J connectivity index is 2.07. The predicted octanol–water partition coefficient (Wildman–Crippen LogP) is 4.28. The number of fused-ring (bicyclic) bond motifs is 1. The van der Waals surface area contributed by atoms with Crippen LogP contribution < -0.4 is 10.6 Å². The van der Waals surface area contributed by atoms with Crippen LogP contribution in [0.15, 0.2) is 36.5 Å². The molecule has 0 bridgehead atoms. The molecule has 1 aromatic carbocycles. The number of rotatable bonds is 6. The molecular formula is C20H25N5. The number of hydrogen-bond acceptors (Lipinski definition) is 5. The first kappa shape index (κ1) is 17.1. The van der Waals surface area contributed by atoms with E-state index in [1.807, 2.05) is 24.4 Å². The molecule has 0 radical (unpaired) electrons. The minimum absolute atomic E-state index is 0.586. The second-order valence-electron chi connectivity index (χ2n) is 6.07. The van der Waals surface area contributed by atoms with Gasteiger partial charge in [-0.3, -0.25) is 4.98 Å². The van der Waals surface area contributed by atoms with Crippen molar-refractivity contribution in [2.75, 3.05) is 17.2 Å². The van der Waals surface area contributed by atoms with Gasteiger partial charge in [-0.25, -0.2) is 4.98 Å². The first-order valence-electron chi connectivity index (χ1n) is 8.95. The topological polar surface area (TPSA) is 67.9 Å². The highest BCUT2D eigenvalue weighted by molar-refractivity contribution is 5.82. The molecule has 0 saturated heterocycles. The van der Waals surface area contributed by atoms with Gasteiger partial charge in [-0.15, -0.1) is 0 Å². The van der Waals surface area contributed by atoms with Crippen LogP contribution >= 0.6 is 0 Å². The van der Waals surface area contributed by atoms with E-state index in [0.717, 1.165) is 53.7 Å². The quantitative estimate of drug-likeness (QED) is 0.728. The van der Waals surface area contributed by atoms with Gasteiger partial charge in [-0.2, -0.15) is 4.98 Å². The average molecular weight is 335 g/mol. The predicted molar refractivity (Wildman–Crippen MR) is 104 cm³/mol. The molecule has 2 N–H and O–H groups in total. The van der Waals surface area contributed by atoms with E-state index in [1.54, 1.807) is 0 Å². The Morgan fingerprint density at radius 3 is 2.60 bits per heavy atom. The number of pyridine rings is 1. The number of para-hydroxylation sites is 1. The van der Waals surface area contributed by atoms with E-state index in [0.29, 0.717) is 11.8 Å². The number of anilines is 3. The van der Waals surface area contributed by atoms with Gasteiger partial charge in [0.25, 0.3) is 0 Å². The summed E-state index contributed by atoms with van der Waals surface area (Å²) >= 11 is 0. The van der Waals surface area contributed by atoms with Crippen LogP contribution in [-0.4, -0.2) is 21.5 Å². The molecule has 0 amide bonds. The summed E-state index contributed by atoms with van der Waals surface area (Å²) < 4.78 is 0. The van der Waals surface area contributed by atoms with Crippen molar-refractivity contribution in [1.29, 1.82) is 0 Å². The van der Waals surface area contributed by atoms with E-state index in [9.17, 15) is 0 Å². The summed E-state index contributed by atoms with van der Waals surface area (Å²) in [5.41, 5.74) is 10.3. The van der Waals surface area contributed by atoms with Gasteiger partial charge < -0.3 is 10.6 Å². The first-order valence-corrected chi connectivity index (χ1v) is 8.95. The summed E-state index contributed by atoms with van der Waals surface area (Å²) in [6.07, 6.45) is 4.67. The lowest BCUT2D eigenvalue weighted by molar-refractivity contribution is 0.831. The first-order chi connectivity index (χ1) is 12.2. The molecule has 0 fully saturated rings. The van der Waals surface area contributed by atoms with E-state index < -0.39 is 0 Å². The lowest BCUT2D eigenvalue weighted by Gasteiger charge is -2.23. The summed E-state index contributed by atoms with van der Waals surface area (Å²) in [4.78, 5) is 16.0. The molecule has 0 saturated carbocycles. The molecule has 0 spiro atoms. The van der Waals surface area contributed by atoms with Crippen molar-refractivity contribution in [2.24, 2.45) is 0 Å². The van der Waals surface area contributed by atoms with Crippen LogP contribution in [0, 0.1) is 0 Å². The van der Waals surface area contributed by atoms with Crippen molar-refractivity contribution < 1.29 is 0 Å². The molecule has 0 unspecified atom stereocenters. The molecule has 130 valence electrons. The van der Waals surface area contributed by atoms with Gasteiger partial charge >= 0.3 is 0 Å². The second-order valence-corrected chi connectivity index (χ2v) is 6.07. The number of aryl methyl sites for hydroxylation is 1. The maximum absolute atomic E-state index is 6.23. The number of nitrogens with zero attached hydrogens (tertiary/aromatic N) is 4. The monoisotopic (exact) mass is 335 g/mol. The molecule has 3 aromatic rings. The molecule has 5 heteroatoms. The summed E-state index contributed by atoms with van der Waals surface area (Å²) in [5, 5.41) is 1.10. The zero-order valence-corrected chi connectivity index (χ0v) is 15.2. The standard InChI is InChI=1S/C20H25N5/c1-4-9-18-16(5-2)19(21)24-20(23-18)25(6-3)15-12-14-10-7-8-11-17(14)22-13-15/h7-8,10-13H,4-6,9H2,1-3H3,(H2,21,23,24). The Labute approximate surface area is 148 Å². The summed E-state index contributed by atoms with van der Waals surface area (Å²) in [6.45, 7) is 7.08. The highest BCUT2D eigenvalue weighted by atomic mass is 15.3. The van der Waals surface area contributed by atoms with Crippen LogP contribution in [-0.2, 0) is 12.8 Å². The number of benzene rings is 1. The van der Waals surface area contributed by atoms with Gasteiger partial charge in [0.15, 0.2) is 0 Å². The lowest BCUT2D eigenvalue weighted by Crippen LogP contribution is -2.21. The Bertz CT molecular complexity index is 875. The molecule has 3 rings (SSSR count). The maximum atomic E-state index is 6.23. The maximum Gasteiger partial charge on any atom is 0.232 e. The van der Waals surface area contributed by atoms with Crippen molar-refractivity contribution in [1.82, 2.24) is 15.0 Å². The molecule has 0 aliphatic carbocycles. The third-order valence-corrected chi connectivity index (χ3v) is 4.40. The summed E-state index contributed by atoms with van der Waals surface area (Å²) in [7, 11) is 0. The van der Waals surface area contributed by atoms with E-state index in [2.05, 4.69) is 47.8 Å². The zero-order valence-electron chi connectivity index (χ0n) is 15.2. The Morgan fingerprint density at radius 1 is 1.08 bits per heavy atom. The van der Waals surface area contributed by atoms with Gasteiger partial charge in [0.2, 0.25) is 5.95 Å². The van der Waals surface area contributed by atoms with Crippen molar-refractivity contribution in [2.45, 2.75) is 40.0 Å². The van der Waals surface area contributed by atoms with Gasteiger partial charge in [0.05, 0.1) is 23.1 Å². The average Bonchev–Trinajstić information content (AvgIpc) is 2.62. The molecule has 0 aliphatic rings.